The van der Waals surface area contributed by atoms with Gasteiger partial charge in [-0.25, -0.2) is 21.2 Å². The zero-order valence-electron chi connectivity index (χ0n) is 22.2. The van der Waals surface area contributed by atoms with E-state index in [1.807, 2.05) is 0 Å². The van der Waals surface area contributed by atoms with E-state index in [1.54, 1.807) is 12.1 Å². The van der Waals surface area contributed by atoms with Gasteiger partial charge < -0.3 is 9.84 Å². The molecule has 0 unspecified atom stereocenters. The topological polar surface area (TPSA) is 132 Å². The minimum absolute atomic E-state index is 0.167. The predicted octanol–water partition coefficient (Wildman–Crippen LogP) is 6.91. The van der Waals surface area contributed by atoms with Gasteiger partial charge in [-0.3, -0.25) is 9.59 Å². The Kier molecular flexibility index (Phi) is 12.0. The van der Waals surface area contributed by atoms with Crippen LogP contribution in [0.25, 0.3) is 0 Å². The van der Waals surface area contributed by atoms with Crippen LogP contribution in [0.15, 0.2) is 107 Å². The van der Waals surface area contributed by atoms with Crippen LogP contribution < -0.4 is 4.74 Å². The van der Waals surface area contributed by atoms with E-state index in [0.717, 1.165) is 30.6 Å². The van der Waals surface area contributed by atoms with Crippen LogP contribution in [0.2, 0.25) is 0 Å². The summed E-state index contributed by atoms with van der Waals surface area (Å²) in [5.41, 5.74) is -9.68. The van der Waals surface area contributed by atoms with Gasteiger partial charge in [0.25, 0.3) is 19.7 Å². The summed E-state index contributed by atoms with van der Waals surface area (Å²) in [7, 11) is -10.7. The highest BCUT2D eigenvalue weighted by atomic mass is 32.2. The van der Waals surface area contributed by atoms with Crippen molar-refractivity contribution in [2.75, 3.05) is 0 Å². The molecule has 0 spiro atoms. The second-order valence-electron chi connectivity index (χ2n) is 8.32. The van der Waals surface area contributed by atoms with Gasteiger partial charge in [0.05, 0.1) is 9.79 Å². The molecule has 240 valence electrons. The predicted molar refractivity (Wildman–Crippen MR) is 145 cm³/mol. The van der Waals surface area contributed by atoms with Crippen molar-refractivity contribution in [3.05, 3.63) is 114 Å². The monoisotopic (exact) mass is 680 g/mol. The Morgan fingerprint density at radius 3 is 1.18 bits per heavy atom. The van der Waals surface area contributed by atoms with Crippen LogP contribution >= 0.6 is 0 Å². The Balaban J connectivity index is 0.000000261. The molecule has 17 heteroatoms. The van der Waals surface area contributed by atoms with Crippen LogP contribution in [-0.4, -0.2) is 45.5 Å². The second kappa shape index (κ2) is 14.8. The summed E-state index contributed by atoms with van der Waals surface area (Å²) >= 11 is 0. The third kappa shape index (κ3) is 10.1. The van der Waals surface area contributed by atoms with Gasteiger partial charge in [-0.2, -0.15) is 26.3 Å². The lowest BCUT2D eigenvalue weighted by Gasteiger charge is -2.09. The first kappa shape index (κ1) is 36.4. The Bertz CT molecular complexity index is 1790. The molecule has 0 fully saturated rings. The summed E-state index contributed by atoms with van der Waals surface area (Å²) in [5, 5.41) is 8.74. The molecule has 8 nitrogen and oxygen atoms in total. The van der Waals surface area contributed by atoms with Crippen molar-refractivity contribution in [3.8, 4) is 17.2 Å². The molecule has 0 radical (unpaired) electrons. The number of carbonyl (C=O) groups excluding carboxylic acids is 2. The number of aldehydes is 2. The zero-order chi connectivity index (χ0) is 34.1. The van der Waals surface area contributed by atoms with Gasteiger partial charge in [0.1, 0.15) is 35.6 Å². The van der Waals surface area contributed by atoms with E-state index in [9.17, 15) is 57.2 Å². The standard InChI is InChI=1S/C14H9F3O4S.C7H4F4O2S.C7H6O2/c15-14(16,17)22(19,20)13-7-5-12(6-8-13)21-11-3-1-10(9-18)2-4-11;8-5-1-3-6(4-2-5)14(12,13)7(9,10)11;8-5-6-1-3-7(9)4-2-6/h1-9H;1-4H;1-5,9H. The second-order valence-corrected chi connectivity index (χ2v) is 12.2. The fourth-order valence-corrected chi connectivity index (χ4v) is 4.39. The SMILES string of the molecule is O=Cc1ccc(O)cc1.O=Cc1ccc(Oc2ccc(S(=O)(=O)C(F)(F)F)cc2)cc1.O=S(=O)(c1ccc(F)cc1)C(F)(F)F. The van der Waals surface area contributed by atoms with Gasteiger partial charge in [-0.15, -0.1) is 0 Å². The Hall–Kier alpha value is -4.77. The summed E-state index contributed by atoms with van der Waals surface area (Å²) < 4.78 is 134. The molecule has 0 aliphatic carbocycles. The highest BCUT2D eigenvalue weighted by Crippen LogP contribution is 2.32. The first-order valence-corrected chi connectivity index (χ1v) is 14.7. The molecule has 0 saturated carbocycles. The highest BCUT2D eigenvalue weighted by Gasteiger charge is 2.47. The van der Waals surface area contributed by atoms with Crippen LogP contribution in [0.3, 0.4) is 0 Å². The summed E-state index contributed by atoms with van der Waals surface area (Å²) in [6.07, 6.45) is 1.39. The van der Waals surface area contributed by atoms with Gasteiger partial charge >= 0.3 is 11.0 Å². The highest BCUT2D eigenvalue weighted by molar-refractivity contribution is 7.92. The maximum Gasteiger partial charge on any atom is 0.501 e. The van der Waals surface area contributed by atoms with E-state index in [4.69, 9.17) is 9.84 Å². The van der Waals surface area contributed by atoms with Gasteiger partial charge in [0.2, 0.25) is 0 Å². The summed E-state index contributed by atoms with van der Waals surface area (Å²) in [4.78, 5) is 18.7. The molecule has 4 aromatic rings. The molecule has 45 heavy (non-hydrogen) atoms. The van der Waals surface area contributed by atoms with Crippen molar-refractivity contribution in [1.29, 1.82) is 0 Å². The Labute approximate surface area is 251 Å². The van der Waals surface area contributed by atoms with E-state index < -0.39 is 46.3 Å². The number of alkyl halides is 6. The molecule has 1 N–H and O–H groups in total. The summed E-state index contributed by atoms with van der Waals surface area (Å²) in [5.74, 6) is -0.0938. The van der Waals surface area contributed by atoms with Crippen LogP contribution in [0.5, 0.6) is 17.2 Å². The number of hydrogen-bond donors (Lipinski definition) is 1. The fraction of sp³-hybridized carbons (Fsp3) is 0.0714. The molecule has 0 atom stereocenters. The molecule has 0 aliphatic rings. The van der Waals surface area contributed by atoms with Crippen molar-refractivity contribution in [2.24, 2.45) is 0 Å². The van der Waals surface area contributed by atoms with Crippen LogP contribution in [0.4, 0.5) is 30.7 Å². The summed E-state index contributed by atoms with van der Waals surface area (Å²) in [6, 6.07) is 18.4. The van der Waals surface area contributed by atoms with E-state index in [1.165, 1.54) is 36.4 Å². The number of carbonyl (C=O) groups is 2. The molecule has 4 rings (SSSR count). The van der Waals surface area contributed by atoms with Crippen LogP contribution in [0.1, 0.15) is 20.7 Å². The lowest BCUT2D eigenvalue weighted by molar-refractivity contribution is -0.0442. The molecule has 0 aliphatic heterocycles. The number of phenols is 1. The normalized spacial score (nSPS) is 11.6. The Morgan fingerprint density at radius 2 is 0.844 bits per heavy atom. The first-order valence-electron chi connectivity index (χ1n) is 11.8. The van der Waals surface area contributed by atoms with Crippen molar-refractivity contribution in [3.63, 3.8) is 0 Å². The van der Waals surface area contributed by atoms with Crippen molar-refractivity contribution in [2.45, 2.75) is 20.8 Å². The smallest absolute Gasteiger partial charge is 0.501 e. The third-order valence-corrected chi connectivity index (χ3v) is 8.15. The number of sulfone groups is 2. The van der Waals surface area contributed by atoms with Crippen molar-refractivity contribution >= 4 is 32.2 Å². The number of halogens is 7. The van der Waals surface area contributed by atoms with E-state index in [2.05, 4.69) is 0 Å². The number of aromatic hydroxyl groups is 1. The third-order valence-electron chi connectivity index (χ3n) is 5.15. The maximum absolute atomic E-state index is 12.4. The molecule has 0 amide bonds. The van der Waals surface area contributed by atoms with Crippen molar-refractivity contribution < 1.29 is 67.0 Å². The lowest BCUT2D eigenvalue weighted by atomic mass is 10.2. The fourth-order valence-electron chi connectivity index (χ4n) is 2.87. The number of ether oxygens (including phenoxy) is 1. The largest absolute Gasteiger partial charge is 0.508 e. The van der Waals surface area contributed by atoms with Gasteiger partial charge in [-0.05, 0) is 97.1 Å². The molecule has 0 heterocycles. The maximum atomic E-state index is 12.4. The van der Waals surface area contributed by atoms with Gasteiger partial charge in [0.15, 0.2) is 0 Å². The van der Waals surface area contributed by atoms with Gasteiger partial charge in [-0.1, -0.05) is 0 Å². The number of hydrogen-bond acceptors (Lipinski definition) is 8. The lowest BCUT2D eigenvalue weighted by Crippen LogP contribution is -2.23. The summed E-state index contributed by atoms with van der Waals surface area (Å²) in [6.45, 7) is 0. The average Bonchev–Trinajstić information content (AvgIpc) is 2.98. The van der Waals surface area contributed by atoms with E-state index in [0.29, 0.717) is 47.4 Å². The van der Waals surface area contributed by atoms with Crippen LogP contribution in [-0.2, 0) is 19.7 Å². The minimum Gasteiger partial charge on any atom is -0.508 e. The number of rotatable bonds is 6. The molecule has 0 aromatic heterocycles. The molecular weight excluding hydrogens is 661 g/mol. The first-order chi connectivity index (χ1) is 20.8. The Morgan fingerprint density at radius 1 is 0.533 bits per heavy atom. The molecule has 0 bridgehead atoms. The molecular formula is C28H19F7O8S2. The minimum atomic E-state index is -5.37. The van der Waals surface area contributed by atoms with Gasteiger partial charge in [0, 0.05) is 11.1 Å². The number of phenolic OH excluding ortho intramolecular Hbond substituents is 1. The average molecular weight is 681 g/mol. The van der Waals surface area contributed by atoms with Crippen molar-refractivity contribution in [1.82, 2.24) is 0 Å². The quantitative estimate of drug-likeness (QED) is 0.132. The molecule has 0 saturated heterocycles. The number of benzene rings is 4. The van der Waals surface area contributed by atoms with E-state index in [-0.39, 0.29) is 11.5 Å². The zero-order valence-corrected chi connectivity index (χ0v) is 23.8. The molecule has 4 aromatic carbocycles. The van der Waals surface area contributed by atoms with Crippen LogP contribution in [0, 0.1) is 5.82 Å². The van der Waals surface area contributed by atoms with E-state index >= 15 is 0 Å².